The van der Waals surface area contributed by atoms with Crippen LogP contribution in [0.4, 0.5) is 0 Å². The smallest absolute Gasteiger partial charge is 0.312 e. The van der Waals surface area contributed by atoms with E-state index in [2.05, 4.69) is 20.8 Å². The molecule has 0 bridgehead atoms. The van der Waals surface area contributed by atoms with E-state index in [9.17, 15) is 15.0 Å². The maximum atomic E-state index is 11.6. The summed E-state index contributed by atoms with van der Waals surface area (Å²) in [4.78, 5) is 11.6. The van der Waals surface area contributed by atoms with Crippen molar-refractivity contribution in [3.8, 4) is 0 Å². The Bertz CT molecular complexity index is 325. The lowest BCUT2D eigenvalue weighted by molar-refractivity contribution is -0.933. The zero-order valence-corrected chi connectivity index (χ0v) is 17.3. The van der Waals surface area contributed by atoms with Crippen molar-refractivity contribution in [3.63, 3.8) is 0 Å². The van der Waals surface area contributed by atoms with E-state index < -0.39 is 5.97 Å². The van der Waals surface area contributed by atoms with Crippen LogP contribution in [0.5, 0.6) is 0 Å². The third kappa shape index (κ3) is 10.9. The molecule has 4 heteroatoms. The molecule has 0 radical (unpaired) electrons. The summed E-state index contributed by atoms with van der Waals surface area (Å²) in [5.74, 6) is -0.989. The van der Waals surface area contributed by atoms with Gasteiger partial charge in [-0.05, 0) is 25.7 Å². The summed E-state index contributed by atoms with van der Waals surface area (Å²) in [5.41, 5.74) is 0. The van der Waals surface area contributed by atoms with Gasteiger partial charge in [-0.15, -0.1) is 0 Å². The summed E-state index contributed by atoms with van der Waals surface area (Å²) in [5, 5.41) is 20.2. The number of carboxylic acids is 1. The third-order valence-electron chi connectivity index (χ3n) is 5.41. The Labute approximate surface area is 156 Å². The molecule has 4 nitrogen and oxygen atoms in total. The van der Waals surface area contributed by atoms with E-state index in [1.807, 2.05) is 6.92 Å². The number of hydrogen-bond donors (Lipinski definition) is 2. The van der Waals surface area contributed by atoms with E-state index >= 15 is 0 Å². The minimum atomic E-state index is -0.685. The fourth-order valence-corrected chi connectivity index (χ4v) is 3.73. The molecule has 2 unspecified atom stereocenters. The SMILES string of the molecule is CCCCCCC(O)C[N+](CCCC)(CCCC)CC(CC)C(=O)O. The monoisotopic (exact) mass is 358 g/mol. The average molecular weight is 359 g/mol. The lowest BCUT2D eigenvalue weighted by Crippen LogP contribution is -2.56. The number of rotatable bonds is 17. The Morgan fingerprint density at radius 2 is 1.40 bits per heavy atom. The van der Waals surface area contributed by atoms with Gasteiger partial charge in [-0.25, -0.2) is 0 Å². The van der Waals surface area contributed by atoms with Crippen molar-refractivity contribution < 1.29 is 19.5 Å². The van der Waals surface area contributed by atoms with Gasteiger partial charge in [0.1, 0.15) is 18.6 Å². The zero-order valence-electron chi connectivity index (χ0n) is 17.3. The molecule has 0 saturated heterocycles. The van der Waals surface area contributed by atoms with Crippen LogP contribution in [0.2, 0.25) is 0 Å². The number of aliphatic hydroxyl groups is 1. The van der Waals surface area contributed by atoms with Gasteiger partial charge in [0.25, 0.3) is 0 Å². The summed E-state index contributed by atoms with van der Waals surface area (Å²) in [6.07, 6.45) is 10.3. The van der Waals surface area contributed by atoms with Gasteiger partial charge in [-0.1, -0.05) is 66.2 Å². The maximum Gasteiger partial charge on any atom is 0.312 e. The molecule has 0 aliphatic rings. The van der Waals surface area contributed by atoms with Crippen molar-refractivity contribution in [2.75, 3.05) is 26.2 Å². The van der Waals surface area contributed by atoms with Gasteiger partial charge in [0.2, 0.25) is 0 Å². The molecule has 0 spiro atoms. The summed E-state index contributed by atoms with van der Waals surface area (Å²) < 4.78 is 0.779. The molecule has 0 aromatic rings. The molecule has 0 heterocycles. The highest BCUT2D eigenvalue weighted by atomic mass is 16.4. The van der Waals surface area contributed by atoms with Crippen molar-refractivity contribution in [1.29, 1.82) is 0 Å². The van der Waals surface area contributed by atoms with Gasteiger partial charge in [-0.3, -0.25) is 4.79 Å². The molecule has 0 aromatic carbocycles. The summed E-state index contributed by atoms with van der Waals surface area (Å²) in [6.45, 7) is 11.9. The first kappa shape index (κ1) is 24.4. The van der Waals surface area contributed by atoms with Crippen LogP contribution in [0, 0.1) is 5.92 Å². The highest BCUT2D eigenvalue weighted by molar-refractivity contribution is 5.69. The number of aliphatic hydroxyl groups excluding tert-OH is 1. The largest absolute Gasteiger partial charge is 0.481 e. The first-order valence-corrected chi connectivity index (χ1v) is 10.7. The summed E-state index contributed by atoms with van der Waals surface area (Å²) >= 11 is 0. The van der Waals surface area contributed by atoms with Crippen LogP contribution in [0.15, 0.2) is 0 Å². The fraction of sp³-hybridized carbons (Fsp3) is 0.952. The van der Waals surface area contributed by atoms with Crippen LogP contribution < -0.4 is 0 Å². The minimum absolute atomic E-state index is 0.305. The van der Waals surface area contributed by atoms with Crippen LogP contribution in [-0.2, 0) is 4.79 Å². The maximum absolute atomic E-state index is 11.6. The first-order chi connectivity index (χ1) is 11.9. The Morgan fingerprint density at radius 3 is 1.84 bits per heavy atom. The van der Waals surface area contributed by atoms with Crippen molar-refractivity contribution >= 4 is 5.97 Å². The predicted molar refractivity (Wildman–Crippen MR) is 106 cm³/mol. The van der Waals surface area contributed by atoms with Crippen molar-refractivity contribution in [2.24, 2.45) is 5.92 Å². The second kappa shape index (κ2) is 14.5. The van der Waals surface area contributed by atoms with Crippen LogP contribution >= 0.6 is 0 Å². The number of carboxylic acid groups (broad SMARTS) is 1. The Balaban J connectivity index is 5.04. The van der Waals surface area contributed by atoms with Crippen LogP contribution in [0.1, 0.15) is 91.9 Å². The van der Waals surface area contributed by atoms with Gasteiger partial charge in [0, 0.05) is 0 Å². The van der Waals surface area contributed by atoms with Crippen molar-refractivity contribution in [3.05, 3.63) is 0 Å². The highest BCUT2D eigenvalue weighted by Gasteiger charge is 2.34. The van der Waals surface area contributed by atoms with E-state index in [4.69, 9.17) is 0 Å². The molecule has 0 aromatic heterocycles. The lowest BCUT2D eigenvalue weighted by Gasteiger charge is -2.42. The van der Waals surface area contributed by atoms with Gasteiger partial charge in [0.15, 0.2) is 0 Å². The number of carbonyl (C=O) groups is 1. The topological polar surface area (TPSA) is 57.5 Å². The van der Waals surface area contributed by atoms with E-state index in [0.717, 1.165) is 62.6 Å². The van der Waals surface area contributed by atoms with E-state index in [-0.39, 0.29) is 12.0 Å². The molecular formula is C21H44NO3+. The second-order valence-corrected chi connectivity index (χ2v) is 7.81. The molecule has 2 N–H and O–H groups in total. The van der Waals surface area contributed by atoms with Crippen LogP contribution in [0.3, 0.4) is 0 Å². The van der Waals surface area contributed by atoms with Gasteiger partial charge in [-0.2, -0.15) is 0 Å². The zero-order chi connectivity index (χ0) is 19.1. The number of hydrogen-bond acceptors (Lipinski definition) is 2. The quantitative estimate of drug-likeness (QED) is 0.289. The fourth-order valence-electron chi connectivity index (χ4n) is 3.73. The molecule has 0 aliphatic carbocycles. The highest BCUT2D eigenvalue weighted by Crippen LogP contribution is 2.21. The number of quaternary nitrogens is 1. The molecule has 0 aliphatic heterocycles. The predicted octanol–water partition coefficient (Wildman–Crippen LogP) is 4.85. The number of unbranched alkanes of at least 4 members (excludes halogenated alkanes) is 5. The summed E-state index contributed by atoms with van der Waals surface area (Å²) in [6, 6.07) is 0. The normalized spacial score (nSPS) is 14.4. The number of nitrogens with zero attached hydrogens (tertiary/aromatic N) is 1. The molecule has 0 saturated carbocycles. The van der Waals surface area contributed by atoms with Gasteiger partial charge in [0.05, 0.1) is 19.6 Å². The molecule has 0 fully saturated rings. The number of aliphatic carboxylic acids is 1. The van der Waals surface area contributed by atoms with E-state index in [0.29, 0.717) is 13.0 Å². The molecule has 150 valence electrons. The van der Waals surface area contributed by atoms with Crippen molar-refractivity contribution in [1.82, 2.24) is 0 Å². The Morgan fingerprint density at radius 1 is 0.840 bits per heavy atom. The molecular weight excluding hydrogens is 314 g/mol. The molecule has 25 heavy (non-hydrogen) atoms. The molecule has 2 atom stereocenters. The standard InChI is InChI=1S/C21H43NO3/c1-5-9-12-13-14-20(23)18-22(15-10-6-2,16-11-7-3)17-19(8-4)21(24)25/h19-20,23H,5-18H2,1-4H3/p+1. The Kier molecular flexibility index (Phi) is 14.2. The molecule has 0 rings (SSSR count). The van der Waals surface area contributed by atoms with Gasteiger partial charge >= 0.3 is 5.97 Å². The van der Waals surface area contributed by atoms with Crippen molar-refractivity contribution in [2.45, 2.75) is 98.0 Å². The van der Waals surface area contributed by atoms with Gasteiger partial charge < -0.3 is 14.7 Å². The third-order valence-corrected chi connectivity index (χ3v) is 5.41. The van der Waals surface area contributed by atoms with E-state index in [1.165, 1.54) is 19.3 Å². The Hall–Kier alpha value is -0.610. The second-order valence-electron chi connectivity index (χ2n) is 7.81. The van der Waals surface area contributed by atoms with Crippen LogP contribution in [0.25, 0.3) is 0 Å². The molecule has 0 amide bonds. The average Bonchev–Trinajstić information content (AvgIpc) is 2.59. The summed E-state index contributed by atoms with van der Waals surface area (Å²) in [7, 11) is 0. The van der Waals surface area contributed by atoms with Crippen LogP contribution in [-0.4, -0.2) is 52.9 Å². The lowest BCUT2D eigenvalue weighted by atomic mass is 10.0. The van der Waals surface area contributed by atoms with E-state index in [1.54, 1.807) is 0 Å². The first-order valence-electron chi connectivity index (χ1n) is 10.7. The minimum Gasteiger partial charge on any atom is -0.481 e.